The Kier molecular flexibility index (Phi) is 7.60. The number of hydrogen-bond acceptors (Lipinski definition) is 5. The molecule has 0 atom stereocenters. The second-order valence-corrected chi connectivity index (χ2v) is 8.45. The molecule has 1 N–H and O–H groups in total. The average molecular weight is 406 g/mol. The molecule has 0 fully saturated rings. The van der Waals surface area contributed by atoms with Crippen LogP contribution < -0.4 is 9.46 Å². The molecule has 0 spiro atoms. The molecule has 0 heterocycles. The first kappa shape index (κ1) is 21.9. The minimum atomic E-state index is -3.54. The molecule has 2 rings (SSSR count). The van der Waals surface area contributed by atoms with Gasteiger partial charge in [0, 0.05) is 6.54 Å². The molecule has 7 heteroatoms. The van der Waals surface area contributed by atoms with Crippen LogP contribution in [-0.4, -0.2) is 34.1 Å². The Hall–Kier alpha value is -2.38. The first-order valence-corrected chi connectivity index (χ1v) is 10.7. The van der Waals surface area contributed by atoms with Crippen molar-refractivity contribution in [3.05, 3.63) is 59.2 Å². The summed E-state index contributed by atoms with van der Waals surface area (Å²) in [7, 11) is -3.54. The van der Waals surface area contributed by atoms with E-state index in [2.05, 4.69) is 18.6 Å². The van der Waals surface area contributed by atoms with E-state index in [1.165, 1.54) is 29.8 Å². The van der Waals surface area contributed by atoms with Gasteiger partial charge in [0.25, 0.3) is 0 Å². The SMILES string of the molecule is CCNS(=O)(=O)c1ccc(C(=O)OCCOc2ccc(C(C)C)c(C)c2)cc1. The van der Waals surface area contributed by atoms with E-state index in [9.17, 15) is 13.2 Å². The van der Waals surface area contributed by atoms with Crippen LogP contribution in [0.3, 0.4) is 0 Å². The van der Waals surface area contributed by atoms with Gasteiger partial charge in [0.1, 0.15) is 19.0 Å². The summed E-state index contributed by atoms with van der Waals surface area (Å²) in [5, 5.41) is 0. The van der Waals surface area contributed by atoms with E-state index in [4.69, 9.17) is 9.47 Å². The van der Waals surface area contributed by atoms with E-state index in [0.29, 0.717) is 12.5 Å². The molecule has 0 saturated heterocycles. The molecule has 2 aromatic rings. The molecule has 0 unspecified atom stereocenters. The molecule has 0 radical (unpaired) electrons. The molecule has 0 saturated carbocycles. The van der Waals surface area contributed by atoms with Crippen molar-refractivity contribution in [1.82, 2.24) is 4.72 Å². The number of aryl methyl sites for hydroxylation is 1. The van der Waals surface area contributed by atoms with Crippen LogP contribution in [0.25, 0.3) is 0 Å². The summed E-state index contributed by atoms with van der Waals surface area (Å²) in [5.74, 6) is 0.660. The zero-order valence-corrected chi connectivity index (χ0v) is 17.5. The monoisotopic (exact) mass is 405 g/mol. The highest BCUT2D eigenvalue weighted by atomic mass is 32.2. The van der Waals surface area contributed by atoms with Gasteiger partial charge < -0.3 is 9.47 Å². The Bertz CT molecular complexity index is 905. The van der Waals surface area contributed by atoms with Crippen LogP contribution in [0, 0.1) is 6.92 Å². The van der Waals surface area contributed by atoms with Crippen LogP contribution >= 0.6 is 0 Å². The Labute approximate surface area is 166 Å². The summed E-state index contributed by atoms with van der Waals surface area (Å²) >= 11 is 0. The third kappa shape index (κ3) is 5.81. The normalized spacial score (nSPS) is 11.5. The topological polar surface area (TPSA) is 81.7 Å². The van der Waals surface area contributed by atoms with Crippen LogP contribution in [0.1, 0.15) is 48.2 Å². The fourth-order valence-corrected chi connectivity index (χ4v) is 3.85. The lowest BCUT2D eigenvalue weighted by Gasteiger charge is -2.12. The molecular formula is C21H27NO5S. The van der Waals surface area contributed by atoms with Crippen molar-refractivity contribution in [2.75, 3.05) is 19.8 Å². The van der Waals surface area contributed by atoms with Crippen LogP contribution in [0.5, 0.6) is 5.75 Å². The Morgan fingerprint density at radius 2 is 1.75 bits per heavy atom. The van der Waals surface area contributed by atoms with Crippen LogP contribution in [-0.2, 0) is 14.8 Å². The first-order valence-electron chi connectivity index (χ1n) is 9.24. The molecule has 6 nitrogen and oxygen atoms in total. The molecule has 2 aromatic carbocycles. The third-order valence-corrected chi connectivity index (χ3v) is 5.74. The number of rotatable bonds is 9. The Morgan fingerprint density at radius 3 is 2.32 bits per heavy atom. The fraction of sp³-hybridized carbons (Fsp3) is 0.381. The minimum absolute atomic E-state index is 0.0985. The van der Waals surface area contributed by atoms with Gasteiger partial charge in [0.15, 0.2) is 0 Å². The van der Waals surface area contributed by atoms with Crippen LogP contribution in [0.2, 0.25) is 0 Å². The number of nitrogens with one attached hydrogen (secondary N) is 1. The molecule has 0 aliphatic rings. The minimum Gasteiger partial charge on any atom is -0.490 e. The summed E-state index contributed by atoms with van der Waals surface area (Å²) < 4.78 is 37.0. The number of ether oxygens (including phenoxy) is 2. The maximum Gasteiger partial charge on any atom is 0.338 e. The van der Waals surface area contributed by atoms with E-state index in [1.54, 1.807) is 6.92 Å². The van der Waals surface area contributed by atoms with Crippen molar-refractivity contribution in [3.63, 3.8) is 0 Å². The number of benzene rings is 2. The van der Waals surface area contributed by atoms with E-state index < -0.39 is 16.0 Å². The Morgan fingerprint density at radius 1 is 1.07 bits per heavy atom. The van der Waals surface area contributed by atoms with E-state index in [-0.39, 0.29) is 23.7 Å². The van der Waals surface area contributed by atoms with Crippen molar-refractivity contribution >= 4 is 16.0 Å². The molecule has 0 aromatic heterocycles. The van der Waals surface area contributed by atoms with Gasteiger partial charge in [-0.2, -0.15) is 0 Å². The summed E-state index contributed by atoms with van der Waals surface area (Å²) in [5.41, 5.74) is 2.73. The first-order chi connectivity index (χ1) is 13.2. The van der Waals surface area contributed by atoms with Crippen molar-refractivity contribution < 1.29 is 22.7 Å². The molecule has 28 heavy (non-hydrogen) atoms. The number of esters is 1. The highest BCUT2D eigenvalue weighted by Crippen LogP contribution is 2.23. The van der Waals surface area contributed by atoms with Gasteiger partial charge in [-0.15, -0.1) is 0 Å². The largest absolute Gasteiger partial charge is 0.490 e. The zero-order valence-electron chi connectivity index (χ0n) is 16.7. The second kappa shape index (κ2) is 9.71. The maximum absolute atomic E-state index is 12.1. The number of sulfonamides is 1. The molecule has 0 bridgehead atoms. The highest BCUT2D eigenvalue weighted by Gasteiger charge is 2.14. The van der Waals surface area contributed by atoms with Gasteiger partial charge in [0.2, 0.25) is 10.0 Å². The van der Waals surface area contributed by atoms with Crippen molar-refractivity contribution in [1.29, 1.82) is 0 Å². The van der Waals surface area contributed by atoms with Gasteiger partial charge in [-0.25, -0.2) is 17.9 Å². The van der Waals surface area contributed by atoms with Crippen molar-refractivity contribution in [2.45, 2.75) is 38.5 Å². The molecular weight excluding hydrogens is 378 g/mol. The molecule has 0 aliphatic carbocycles. The summed E-state index contributed by atoms with van der Waals surface area (Å²) in [6.45, 7) is 8.66. The summed E-state index contributed by atoms with van der Waals surface area (Å²) in [6, 6.07) is 11.6. The molecule has 152 valence electrons. The highest BCUT2D eigenvalue weighted by molar-refractivity contribution is 7.89. The number of hydrogen-bond donors (Lipinski definition) is 1. The van der Waals surface area contributed by atoms with E-state index in [0.717, 1.165) is 11.3 Å². The van der Waals surface area contributed by atoms with E-state index in [1.807, 2.05) is 25.1 Å². The van der Waals surface area contributed by atoms with Crippen LogP contribution in [0.15, 0.2) is 47.4 Å². The fourth-order valence-electron chi connectivity index (χ4n) is 2.81. The van der Waals surface area contributed by atoms with Gasteiger partial charge in [0.05, 0.1) is 10.5 Å². The number of carbonyl (C=O) groups is 1. The molecule has 0 aliphatic heterocycles. The van der Waals surface area contributed by atoms with Gasteiger partial charge >= 0.3 is 5.97 Å². The Balaban J connectivity index is 1.85. The third-order valence-electron chi connectivity index (χ3n) is 4.18. The van der Waals surface area contributed by atoms with Gasteiger partial charge in [-0.05, 0) is 60.4 Å². The van der Waals surface area contributed by atoms with Gasteiger partial charge in [-0.3, -0.25) is 0 Å². The van der Waals surface area contributed by atoms with E-state index >= 15 is 0 Å². The predicted molar refractivity (Wildman–Crippen MR) is 108 cm³/mol. The summed E-state index contributed by atoms with van der Waals surface area (Å²) in [6.07, 6.45) is 0. The van der Waals surface area contributed by atoms with Crippen LogP contribution in [0.4, 0.5) is 0 Å². The zero-order chi connectivity index (χ0) is 20.7. The lowest BCUT2D eigenvalue weighted by atomic mass is 9.98. The van der Waals surface area contributed by atoms with Crippen molar-refractivity contribution in [2.24, 2.45) is 0 Å². The maximum atomic E-state index is 12.1. The quantitative estimate of drug-likeness (QED) is 0.509. The number of carbonyl (C=O) groups excluding carboxylic acids is 1. The smallest absolute Gasteiger partial charge is 0.338 e. The second-order valence-electron chi connectivity index (χ2n) is 6.68. The predicted octanol–water partition coefficient (Wildman–Crippen LogP) is 3.65. The molecule has 0 amide bonds. The van der Waals surface area contributed by atoms with Gasteiger partial charge in [-0.1, -0.05) is 26.8 Å². The summed E-state index contributed by atoms with van der Waals surface area (Å²) in [4.78, 5) is 12.2. The average Bonchev–Trinajstić information content (AvgIpc) is 2.65. The lowest BCUT2D eigenvalue weighted by molar-refractivity contribution is 0.0450. The van der Waals surface area contributed by atoms with Crippen molar-refractivity contribution in [3.8, 4) is 5.75 Å². The standard InChI is InChI=1S/C21H27NO5S/c1-5-22-28(24,25)19-9-6-17(7-10-19)21(23)27-13-12-26-18-8-11-20(15(2)3)16(4)14-18/h6-11,14-15,22H,5,12-13H2,1-4H3. The lowest BCUT2D eigenvalue weighted by Crippen LogP contribution is -2.23.